The Morgan fingerprint density at radius 2 is 2.19 bits per heavy atom. The predicted molar refractivity (Wildman–Crippen MR) is 78.6 cm³/mol. The van der Waals surface area contributed by atoms with Crippen molar-refractivity contribution in [1.29, 1.82) is 0 Å². The topological polar surface area (TPSA) is 84.3 Å². The highest BCUT2D eigenvalue weighted by atomic mass is 16.5. The van der Waals surface area contributed by atoms with Crippen LogP contribution in [0.1, 0.15) is 29.9 Å². The molecule has 1 aliphatic rings. The van der Waals surface area contributed by atoms with E-state index in [1.54, 1.807) is 6.07 Å². The van der Waals surface area contributed by atoms with E-state index in [1.165, 1.54) is 0 Å². The molecule has 0 saturated carbocycles. The van der Waals surface area contributed by atoms with Crippen molar-refractivity contribution in [3.63, 3.8) is 0 Å². The largest absolute Gasteiger partial charge is 0.475 e. The molecule has 0 spiro atoms. The number of aromatic carboxylic acids is 1. The monoisotopic (exact) mass is 287 g/mol. The lowest BCUT2D eigenvalue weighted by atomic mass is 10.1. The van der Waals surface area contributed by atoms with Crippen molar-refractivity contribution in [1.82, 2.24) is 9.97 Å². The van der Waals surface area contributed by atoms with E-state index in [9.17, 15) is 4.79 Å². The standard InChI is InChI=1S/C15H17N3O3/c19-15(20)14-17-12-7-2-1-6-11(12)13(18-14)16-9-10-5-3-4-8-21-10/h1-2,6-7,10H,3-5,8-9H2,(H,19,20)(H,16,17,18). The average molecular weight is 287 g/mol. The second-order valence-corrected chi connectivity index (χ2v) is 5.09. The molecule has 110 valence electrons. The van der Waals surface area contributed by atoms with Crippen LogP contribution in [0.3, 0.4) is 0 Å². The van der Waals surface area contributed by atoms with Crippen LogP contribution < -0.4 is 5.32 Å². The summed E-state index contributed by atoms with van der Waals surface area (Å²) in [4.78, 5) is 19.3. The van der Waals surface area contributed by atoms with Crippen LogP contribution in [0.15, 0.2) is 24.3 Å². The maximum atomic E-state index is 11.1. The van der Waals surface area contributed by atoms with Gasteiger partial charge in [0.05, 0.1) is 11.6 Å². The first-order chi connectivity index (χ1) is 10.2. The number of carboxylic acid groups (broad SMARTS) is 1. The molecule has 1 aromatic carbocycles. The van der Waals surface area contributed by atoms with Gasteiger partial charge in [0.25, 0.3) is 0 Å². The Morgan fingerprint density at radius 3 is 2.95 bits per heavy atom. The zero-order chi connectivity index (χ0) is 14.7. The summed E-state index contributed by atoms with van der Waals surface area (Å²) in [6.07, 6.45) is 3.44. The number of nitrogens with zero attached hydrogens (tertiary/aromatic N) is 2. The first kappa shape index (κ1) is 13.8. The number of carbonyl (C=O) groups is 1. The minimum absolute atomic E-state index is 0.153. The molecule has 6 heteroatoms. The molecule has 2 aromatic rings. The van der Waals surface area contributed by atoms with E-state index >= 15 is 0 Å². The molecule has 0 amide bonds. The van der Waals surface area contributed by atoms with Gasteiger partial charge >= 0.3 is 5.97 Å². The first-order valence-corrected chi connectivity index (χ1v) is 7.09. The van der Waals surface area contributed by atoms with E-state index in [4.69, 9.17) is 9.84 Å². The average Bonchev–Trinajstić information content (AvgIpc) is 2.53. The van der Waals surface area contributed by atoms with E-state index in [-0.39, 0.29) is 11.9 Å². The van der Waals surface area contributed by atoms with Crippen molar-refractivity contribution in [2.45, 2.75) is 25.4 Å². The van der Waals surface area contributed by atoms with Gasteiger partial charge in [-0.1, -0.05) is 12.1 Å². The summed E-state index contributed by atoms with van der Waals surface area (Å²) in [6.45, 7) is 1.41. The summed E-state index contributed by atoms with van der Waals surface area (Å²) in [5.74, 6) is -0.773. The van der Waals surface area contributed by atoms with Crippen molar-refractivity contribution in [2.75, 3.05) is 18.5 Å². The number of hydrogen-bond donors (Lipinski definition) is 2. The third kappa shape index (κ3) is 3.11. The number of para-hydroxylation sites is 1. The van der Waals surface area contributed by atoms with Gasteiger partial charge < -0.3 is 15.2 Å². The van der Waals surface area contributed by atoms with Crippen LogP contribution >= 0.6 is 0 Å². The fourth-order valence-corrected chi connectivity index (χ4v) is 2.49. The van der Waals surface area contributed by atoms with Crippen molar-refractivity contribution in [2.24, 2.45) is 0 Å². The summed E-state index contributed by atoms with van der Waals surface area (Å²) in [5, 5.41) is 13.1. The van der Waals surface area contributed by atoms with Gasteiger partial charge in [0.15, 0.2) is 0 Å². The smallest absolute Gasteiger partial charge is 0.374 e. The van der Waals surface area contributed by atoms with E-state index in [0.29, 0.717) is 17.9 Å². The molecular weight excluding hydrogens is 270 g/mol. The molecule has 1 aromatic heterocycles. The van der Waals surface area contributed by atoms with Crippen LogP contribution in [0.2, 0.25) is 0 Å². The van der Waals surface area contributed by atoms with Crippen molar-refractivity contribution in [3.05, 3.63) is 30.1 Å². The Hall–Kier alpha value is -2.21. The van der Waals surface area contributed by atoms with Gasteiger partial charge in [0.2, 0.25) is 5.82 Å². The van der Waals surface area contributed by atoms with E-state index in [1.807, 2.05) is 18.2 Å². The van der Waals surface area contributed by atoms with E-state index in [2.05, 4.69) is 15.3 Å². The van der Waals surface area contributed by atoms with Crippen LogP contribution in [0, 0.1) is 0 Å². The Bertz CT molecular complexity index is 654. The van der Waals surface area contributed by atoms with Crippen LogP contribution in [0.25, 0.3) is 10.9 Å². The Kier molecular flexibility index (Phi) is 3.96. The van der Waals surface area contributed by atoms with E-state index < -0.39 is 5.97 Å². The highest BCUT2D eigenvalue weighted by Gasteiger charge is 2.16. The van der Waals surface area contributed by atoms with Crippen LogP contribution in [-0.4, -0.2) is 40.3 Å². The third-order valence-corrected chi connectivity index (χ3v) is 3.57. The minimum Gasteiger partial charge on any atom is -0.475 e. The third-order valence-electron chi connectivity index (χ3n) is 3.57. The number of aromatic nitrogens is 2. The van der Waals surface area contributed by atoms with Crippen LogP contribution in [0.4, 0.5) is 5.82 Å². The lowest BCUT2D eigenvalue weighted by Crippen LogP contribution is -2.27. The Balaban J connectivity index is 1.86. The quantitative estimate of drug-likeness (QED) is 0.897. The number of ether oxygens (including phenoxy) is 1. The molecule has 0 aliphatic carbocycles. The number of benzene rings is 1. The predicted octanol–water partition coefficient (Wildman–Crippen LogP) is 2.31. The maximum Gasteiger partial charge on any atom is 0.374 e. The molecule has 3 rings (SSSR count). The molecule has 1 saturated heterocycles. The number of hydrogen-bond acceptors (Lipinski definition) is 5. The SMILES string of the molecule is O=C(O)c1nc(NCC2CCCCO2)c2ccccc2n1. The van der Waals surface area contributed by atoms with Gasteiger partial charge in [0.1, 0.15) is 5.82 Å². The zero-order valence-corrected chi connectivity index (χ0v) is 11.6. The zero-order valence-electron chi connectivity index (χ0n) is 11.6. The summed E-state index contributed by atoms with van der Waals surface area (Å²) >= 11 is 0. The number of nitrogens with one attached hydrogen (secondary N) is 1. The molecule has 0 bridgehead atoms. The van der Waals surface area contributed by atoms with Gasteiger partial charge in [-0.05, 0) is 31.4 Å². The molecule has 21 heavy (non-hydrogen) atoms. The molecule has 6 nitrogen and oxygen atoms in total. The fourth-order valence-electron chi connectivity index (χ4n) is 2.49. The summed E-state index contributed by atoms with van der Waals surface area (Å²) in [7, 11) is 0. The lowest BCUT2D eigenvalue weighted by molar-refractivity contribution is 0.0247. The summed E-state index contributed by atoms with van der Waals surface area (Å²) in [6, 6.07) is 7.38. The Labute approximate surface area is 122 Å². The normalized spacial score (nSPS) is 18.6. The molecule has 2 heterocycles. The van der Waals surface area contributed by atoms with Crippen LogP contribution in [0.5, 0.6) is 0 Å². The van der Waals surface area contributed by atoms with Crippen molar-refractivity contribution >= 4 is 22.7 Å². The highest BCUT2D eigenvalue weighted by Crippen LogP contribution is 2.21. The van der Waals surface area contributed by atoms with Gasteiger partial charge in [-0.25, -0.2) is 14.8 Å². The summed E-state index contributed by atoms with van der Waals surface area (Å²) < 4.78 is 5.67. The van der Waals surface area contributed by atoms with Crippen molar-refractivity contribution in [3.8, 4) is 0 Å². The number of rotatable bonds is 4. The fraction of sp³-hybridized carbons (Fsp3) is 0.400. The molecule has 1 unspecified atom stereocenters. The number of anilines is 1. The Morgan fingerprint density at radius 1 is 1.33 bits per heavy atom. The van der Waals surface area contributed by atoms with E-state index in [0.717, 1.165) is 31.3 Å². The molecule has 1 aliphatic heterocycles. The second kappa shape index (κ2) is 6.05. The van der Waals surface area contributed by atoms with Gasteiger partial charge in [-0.2, -0.15) is 0 Å². The molecule has 0 radical (unpaired) electrons. The van der Waals surface area contributed by atoms with Gasteiger partial charge in [0, 0.05) is 18.5 Å². The molecular formula is C15H17N3O3. The second-order valence-electron chi connectivity index (χ2n) is 5.09. The molecule has 2 N–H and O–H groups in total. The number of carboxylic acids is 1. The molecule has 1 fully saturated rings. The maximum absolute atomic E-state index is 11.1. The highest BCUT2D eigenvalue weighted by molar-refractivity contribution is 5.93. The lowest BCUT2D eigenvalue weighted by Gasteiger charge is -2.23. The van der Waals surface area contributed by atoms with Crippen LogP contribution in [-0.2, 0) is 4.74 Å². The van der Waals surface area contributed by atoms with Gasteiger partial charge in [-0.15, -0.1) is 0 Å². The first-order valence-electron chi connectivity index (χ1n) is 7.09. The minimum atomic E-state index is -1.13. The summed E-state index contributed by atoms with van der Waals surface area (Å²) in [5.41, 5.74) is 0.622. The van der Waals surface area contributed by atoms with Crippen molar-refractivity contribution < 1.29 is 14.6 Å². The molecule has 1 atom stereocenters. The van der Waals surface area contributed by atoms with Gasteiger partial charge in [-0.3, -0.25) is 0 Å². The number of fused-ring (bicyclic) bond motifs is 1.